The molecule has 21 heavy (non-hydrogen) atoms. The molecule has 0 aliphatic heterocycles. The first kappa shape index (κ1) is 17.3. The van der Waals surface area contributed by atoms with Crippen LogP contribution >= 0.6 is 15.9 Å². The van der Waals surface area contributed by atoms with Gasteiger partial charge in [-0.05, 0) is 26.0 Å². The van der Waals surface area contributed by atoms with E-state index < -0.39 is 28.7 Å². The fourth-order valence-electron chi connectivity index (χ4n) is 1.70. The van der Waals surface area contributed by atoms with Gasteiger partial charge < -0.3 is 14.9 Å². The van der Waals surface area contributed by atoms with Crippen LogP contribution in [0.5, 0.6) is 0 Å². The third-order valence-corrected chi connectivity index (χ3v) is 3.14. The SMILES string of the molecule is CCOC(=O)c1ccc(C(O)C(=O)O)c(C(=O)C(C)Br)c1. The van der Waals surface area contributed by atoms with Gasteiger partial charge in [-0.15, -0.1) is 0 Å². The van der Waals surface area contributed by atoms with Crippen molar-refractivity contribution in [3.05, 3.63) is 34.9 Å². The second-order valence-electron chi connectivity index (χ2n) is 4.24. The minimum atomic E-state index is -1.84. The van der Waals surface area contributed by atoms with Crippen molar-refractivity contribution in [1.82, 2.24) is 0 Å². The zero-order valence-electron chi connectivity index (χ0n) is 11.5. The number of hydrogen-bond acceptors (Lipinski definition) is 5. The fraction of sp³-hybridized carbons (Fsp3) is 0.357. The molecule has 0 amide bonds. The number of benzene rings is 1. The zero-order chi connectivity index (χ0) is 16.2. The number of carbonyl (C=O) groups excluding carboxylic acids is 2. The normalized spacial score (nSPS) is 13.3. The third-order valence-electron chi connectivity index (χ3n) is 2.72. The highest BCUT2D eigenvalue weighted by molar-refractivity contribution is 9.10. The number of carboxylic acid groups (broad SMARTS) is 1. The third kappa shape index (κ3) is 4.12. The molecule has 0 radical (unpaired) electrons. The Balaban J connectivity index is 3.36. The molecule has 0 fully saturated rings. The molecule has 2 atom stereocenters. The summed E-state index contributed by atoms with van der Waals surface area (Å²) in [4.78, 5) is 34.1. The number of carbonyl (C=O) groups is 3. The van der Waals surface area contributed by atoms with Gasteiger partial charge in [-0.2, -0.15) is 0 Å². The van der Waals surface area contributed by atoms with Crippen molar-refractivity contribution < 1.29 is 29.3 Å². The van der Waals surface area contributed by atoms with E-state index in [4.69, 9.17) is 9.84 Å². The summed E-state index contributed by atoms with van der Waals surface area (Å²) < 4.78 is 4.83. The number of esters is 1. The molecule has 2 unspecified atom stereocenters. The van der Waals surface area contributed by atoms with Crippen LogP contribution in [-0.2, 0) is 9.53 Å². The van der Waals surface area contributed by atoms with E-state index in [1.807, 2.05) is 0 Å². The quantitative estimate of drug-likeness (QED) is 0.457. The second-order valence-corrected chi connectivity index (χ2v) is 5.62. The number of halogens is 1. The number of ether oxygens (including phenoxy) is 1. The number of aliphatic hydroxyl groups is 1. The van der Waals surface area contributed by atoms with E-state index in [-0.39, 0.29) is 23.3 Å². The summed E-state index contributed by atoms with van der Waals surface area (Å²) in [5, 5.41) is 18.5. The molecule has 1 aromatic rings. The largest absolute Gasteiger partial charge is 0.479 e. The van der Waals surface area contributed by atoms with Gasteiger partial charge in [0, 0.05) is 11.1 Å². The van der Waals surface area contributed by atoms with Gasteiger partial charge in [-0.25, -0.2) is 9.59 Å². The second kappa shape index (κ2) is 7.33. The molecule has 0 bridgehead atoms. The van der Waals surface area contributed by atoms with Gasteiger partial charge in [0.1, 0.15) is 0 Å². The Morgan fingerprint density at radius 2 is 1.95 bits per heavy atom. The molecular formula is C14H15BrO6. The topological polar surface area (TPSA) is 101 Å². The molecule has 0 spiro atoms. The van der Waals surface area contributed by atoms with E-state index in [0.717, 1.165) is 0 Å². The van der Waals surface area contributed by atoms with E-state index in [0.29, 0.717) is 0 Å². The smallest absolute Gasteiger partial charge is 0.338 e. The summed E-state index contributed by atoms with van der Waals surface area (Å²) in [7, 11) is 0. The van der Waals surface area contributed by atoms with Crippen LogP contribution in [0.1, 0.15) is 46.2 Å². The van der Waals surface area contributed by atoms with Crippen LogP contribution < -0.4 is 0 Å². The number of alkyl halides is 1. The maximum Gasteiger partial charge on any atom is 0.338 e. The molecule has 7 heteroatoms. The minimum absolute atomic E-state index is 0.0279. The molecule has 114 valence electrons. The number of Topliss-reactive ketones (excluding diaryl/α,β-unsaturated/α-hetero) is 1. The standard InChI is InChI=1S/C14H15BrO6/c1-3-21-14(20)8-4-5-9(12(17)13(18)19)10(6-8)11(16)7(2)15/h4-7,12,17H,3H2,1-2H3,(H,18,19). The van der Waals surface area contributed by atoms with Crippen LogP contribution in [0.15, 0.2) is 18.2 Å². The van der Waals surface area contributed by atoms with Gasteiger partial charge in [0.25, 0.3) is 0 Å². The Hall–Kier alpha value is -1.73. The van der Waals surface area contributed by atoms with Crippen molar-refractivity contribution in [1.29, 1.82) is 0 Å². The Bertz CT molecular complexity index is 567. The first-order valence-corrected chi connectivity index (χ1v) is 7.11. The first-order chi connectivity index (χ1) is 9.79. The molecule has 1 aromatic carbocycles. The Labute approximate surface area is 129 Å². The van der Waals surface area contributed by atoms with E-state index in [1.54, 1.807) is 13.8 Å². The molecule has 0 saturated heterocycles. The van der Waals surface area contributed by atoms with Crippen LogP contribution in [0, 0.1) is 0 Å². The molecule has 0 aliphatic carbocycles. The lowest BCUT2D eigenvalue weighted by Gasteiger charge is -2.14. The zero-order valence-corrected chi connectivity index (χ0v) is 13.1. The van der Waals surface area contributed by atoms with Crippen LogP contribution in [0.2, 0.25) is 0 Å². The lowest BCUT2D eigenvalue weighted by molar-refractivity contribution is -0.146. The summed E-state index contributed by atoms with van der Waals surface area (Å²) in [6.07, 6.45) is -1.84. The summed E-state index contributed by atoms with van der Waals surface area (Å²) in [6, 6.07) is 3.79. The van der Waals surface area contributed by atoms with Crippen molar-refractivity contribution in [3.63, 3.8) is 0 Å². The molecular weight excluding hydrogens is 344 g/mol. The van der Waals surface area contributed by atoms with Crippen molar-refractivity contribution in [3.8, 4) is 0 Å². The van der Waals surface area contributed by atoms with E-state index >= 15 is 0 Å². The van der Waals surface area contributed by atoms with Crippen LogP contribution in [-0.4, -0.2) is 39.4 Å². The summed E-state index contributed by atoms with van der Waals surface area (Å²) in [5.74, 6) is -2.53. The van der Waals surface area contributed by atoms with Crippen LogP contribution in [0.25, 0.3) is 0 Å². The number of aliphatic carboxylic acids is 1. The van der Waals surface area contributed by atoms with Crippen molar-refractivity contribution in [2.24, 2.45) is 0 Å². The lowest BCUT2D eigenvalue weighted by Crippen LogP contribution is -2.19. The van der Waals surface area contributed by atoms with E-state index in [2.05, 4.69) is 15.9 Å². The Morgan fingerprint density at radius 3 is 2.43 bits per heavy atom. The van der Waals surface area contributed by atoms with Gasteiger partial charge in [0.15, 0.2) is 11.9 Å². The van der Waals surface area contributed by atoms with Gasteiger partial charge in [-0.3, -0.25) is 4.79 Å². The molecule has 1 rings (SSSR count). The van der Waals surface area contributed by atoms with Gasteiger partial charge in [0.05, 0.1) is 17.0 Å². The van der Waals surface area contributed by atoms with Crippen LogP contribution in [0.3, 0.4) is 0 Å². The van der Waals surface area contributed by atoms with Crippen molar-refractivity contribution in [2.45, 2.75) is 24.8 Å². The summed E-state index contributed by atoms with van der Waals surface area (Å²) in [5.41, 5.74) is 0.0290. The highest BCUT2D eigenvalue weighted by Crippen LogP contribution is 2.23. The molecule has 6 nitrogen and oxygen atoms in total. The maximum absolute atomic E-state index is 12.1. The predicted octanol–water partition coefficient (Wildman–Crippen LogP) is 1.95. The first-order valence-electron chi connectivity index (χ1n) is 6.19. The highest BCUT2D eigenvalue weighted by Gasteiger charge is 2.26. The molecule has 0 aromatic heterocycles. The number of aliphatic hydroxyl groups excluding tert-OH is 1. The number of rotatable bonds is 6. The number of ketones is 1. The monoisotopic (exact) mass is 358 g/mol. The Kier molecular flexibility index (Phi) is 6.04. The lowest BCUT2D eigenvalue weighted by atomic mass is 9.95. The highest BCUT2D eigenvalue weighted by atomic mass is 79.9. The average molecular weight is 359 g/mol. The van der Waals surface area contributed by atoms with E-state index in [1.165, 1.54) is 18.2 Å². The fourth-order valence-corrected chi connectivity index (χ4v) is 1.94. The molecule has 0 aliphatic rings. The number of carboxylic acids is 1. The molecule has 0 heterocycles. The molecule has 0 saturated carbocycles. The summed E-state index contributed by atoms with van der Waals surface area (Å²) >= 11 is 3.09. The maximum atomic E-state index is 12.1. The minimum Gasteiger partial charge on any atom is -0.479 e. The predicted molar refractivity (Wildman–Crippen MR) is 77.7 cm³/mol. The van der Waals surface area contributed by atoms with Crippen molar-refractivity contribution >= 4 is 33.7 Å². The van der Waals surface area contributed by atoms with Crippen LogP contribution in [0.4, 0.5) is 0 Å². The Morgan fingerprint density at radius 1 is 1.33 bits per heavy atom. The average Bonchev–Trinajstić information content (AvgIpc) is 2.45. The number of hydrogen-bond donors (Lipinski definition) is 2. The molecule has 2 N–H and O–H groups in total. The van der Waals surface area contributed by atoms with Gasteiger partial charge in [-0.1, -0.05) is 22.0 Å². The van der Waals surface area contributed by atoms with E-state index in [9.17, 15) is 19.5 Å². The van der Waals surface area contributed by atoms with Gasteiger partial charge >= 0.3 is 11.9 Å². The van der Waals surface area contributed by atoms with Gasteiger partial charge in [0.2, 0.25) is 0 Å². The van der Waals surface area contributed by atoms with Crippen molar-refractivity contribution in [2.75, 3.05) is 6.61 Å². The summed E-state index contributed by atoms with van der Waals surface area (Å²) in [6.45, 7) is 3.39.